The van der Waals surface area contributed by atoms with Crippen LogP contribution >= 0.6 is 0 Å². The first kappa shape index (κ1) is 22.9. The third kappa shape index (κ3) is 5.12. The first-order chi connectivity index (χ1) is 14.4. The molecule has 1 aromatic rings. The van der Waals surface area contributed by atoms with E-state index in [1.165, 1.54) is 11.8 Å². The molecule has 0 aliphatic carbocycles. The zero-order valence-electron chi connectivity index (χ0n) is 17.8. The molecule has 1 aromatic carbocycles. The van der Waals surface area contributed by atoms with Crippen LogP contribution in [-0.2, 0) is 20.7 Å². The highest BCUT2D eigenvalue weighted by Crippen LogP contribution is 2.33. The van der Waals surface area contributed by atoms with E-state index in [9.17, 15) is 28.3 Å². The first-order valence-electron chi connectivity index (χ1n) is 9.99. The number of rotatable bonds is 3. The van der Waals surface area contributed by atoms with Crippen molar-refractivity contribution in [3.8, 4) is 0 Å². The Kier molecular flexibility index (Phi) is 6.22. The van der Waals surface area contributed by atoms with E-state index < -0.39 is 59.6 Å². The number of amides is 3. The minimum absolute atomic E-state index is 0.0327. The lowest BCUT2D eigenvalue weighted by atomic mass is 9.94. The average molecular weight is 440 g/mol. The molecule has 2 heterocycles. The van der Waals surface area contributed by atoms with Gasteiger partial charge in [0.15, 0.2) is 0 Å². The Hall–Kier alpha value is -2.75. The molecule has 3 amide bonds. The van der Waals surface area contributed by atoms with Crippen LogP contribution in [0.25, 0.3) is 0 Å². The van der Waals surface area contributed by atoms with E-state index in [0.717, 1.165) is 23.1 Å². The lowest BCUT2D eigenvalue weighted by molar-refractivity contribution is -0.127. The maximum absolute atomic E-state index is 13.7. The van der Waals surface area contributed by atoms with E-state index in [-0.39, 0.29) is 24.9 Å². The summed E-state index contributed by atoms with van der Waals surface area (Å²) in [5.41, 5.74) is -0.565. The number of hydrogen-bond donors (Lipinski definition) is 1. The third-order valence-corrected chi connectivity index (χ3v) is 5.18. The number of aliphatic hydroxyl groups excluding tert-OH is 1. The van der Waals surface area contributed by atoms with Crippen molar-refractivity contribution < 1.29 is 37.7 Å². The molecule has 0 spiro atoms. The highest BCUT2D eigenvalue weighted by molar-refractivity contribution is 5.92. The number of hydrogen-bond acceptors (Lipinski definition) is 6. The molecule has 170 valence electrons. The minimum Gasteiger partial charge on any atom is -0.444 e. The number of aliphatic hydroxyl groups is 1. The van der Waals surface area contributed by atoms with Gasteiger partial charge in [0, 0.05) is 13.0 Å². The smallest absolute Gasteiger partial charge is 0.417 e. The zero-order valence-corrected chi connectivity index (χ0v) is 17.8. The van der Waals surface area contributed by atoms with E-state index in [2.05, 4.69) is 0 Å². The maximum Gasteiger partial charge on any atom is 0.417 e. The number of β-amino-alcohol motifs (C(OH)–C–C–N with tert-alkyl or cyclic N) is 1. The van der Waals surface area contributed by atoms with Gasteiger partial charge in [-0.15, -0.1) is 0 Å². The van der Waals surface area contributed by atoms with Gasteiger partial charge in [0.25, 0.3) is 0 Å². The largest absolute Gasteiger partial charge is 0.444 e. The normalized spacial score (nSPS) is 26.2. The van der Waals surface area contributed by atoms with Gasteiger partial charge in [-0.05, 0) is 51.3 Å². The number of nitrogens with zero attached hydrogens (tertiary/aromatic N) is 2. The third-order valence-electron chi connectivity index (χ3n) is 5.18. The number of carbonyl (C=O) groups excluding carboxylic acids is 3. The number of likely N-dealkylation sites (tertiary alicyclic amines) is 1. The van der Waals surface area contributed by atoms with Crippen molar-refractivity contribution in [3.63, 3.8) is 0 Å². The zero-order chi connectivity index (χ0) is 23.1. The second-order valence-corrected chi connectivity index (χ2v) is 8.88. The Labute approximate surface area is 178 Å². The Morgan fingerprint density at radius 3 is 2.39 bits per heavy atom. The van der Waals surface area contributed by atoms with Crippen LogP contribution in [0.15, 0.2) is 18.2 Å². The summed E-state index contributed by atoms with van der Waals surface area (Å²) in [6, 6.07) is 1.23. The summed E-state index contributed by atoms with van der Waals surface area (Å²) in [4.78, 5) is 39.4. The predicted octanol–water partition coefficient (Wildman–Crippen LogP) is 2.61. The van der Waals surface area contributed by atoms with Gasteiger partial charge in [0.05, 0.1) is 24.7 Å². The van der Waals surface area contributed by atoms with E-state index in [0.29, 0.717) is 0 Å². The van der Waals surface area contributed by atoms with Crippen LogP contribution in [0.2, 0.25) is 0 Å². The maximum atomic E-state index is 13.7. The summed E-state index contributed by atoms with van der Waals surface area (Å²) in [5.74, 6) is -2.19. The molecule has 2 aliphatic heterocycles. The molecule has 0 saturated carbocycles. The van der Waals surface area contributed by atoms with Crippen LogP contribution in [0.5, 0.6) is 0 Å². The van der Waals surface area contributed by atoms with Gasteiger partial charge in [-0.1, -0.05) is 0 Å². The van der Waals surface area contributed by atoms with Crippen LogP contribution < -0.4 is 0 Å². The highest BCUT2D eigenvalue weighted by atomic mass is 19.1. The lowest BCUT2D eigenvalue weighted by Gasteiger charge is -2.33. The molecule has 2 fully saturated rings. The Morgan fingerprint density at radius 2 is 1.84 bits per heavy atom. The Bertz CT molecular complexity index is 867. The summed E-state index contributed by atoms with van der Waals surface area (Å²) in [6.45, 7) is 6.23. The number of imide groups is 1. The van der Waals surface area contributed by atoms with Crippen molar-refractivity contribution in [2.45, 2.75) is 70.4 Å². The number of cyclic esters (lactones) is 1. The van der Waals surface area contributed by atoms with E-state index >= 15 is 0 Å². The predicted molar refractivity (Wildman–Crippen MR) is 104 cm³/mol. The number of ether oxygens (including phenoxy) is 2. The molecule has 0 bridgehead atoms. The van der Waals surface area contributed by atoms with Crippen LogP contribution in [-0.4, -0.2) is 69.4 Å². The summed E-state index contributed by atoms with van der Waals surface area (Å²) in [5, 5.41) is 10.2. The Morgan fingerprint density at radius 1 is 1.23 bits per heavy atom. The molecule has 1 N–H and O–H groups in total. The Balaban J connectivity index is 1.93. The second kappa shape index (κ2) is 8.41. The topological polar surface area (TPSA) is 96.4 Å². The molecule has 0 aromatic heterocycles. The molecule has 4 atom stereocenters. The highest BCUT2D eigenvalue weighted by Gasteiger charge is 2.53. The fraction of sp³-hybridized carbons (Fsp3) is 0.571. The molecule has 2 aliphatic rings. The molecule has 3 rings (SSSR count). The van der Waals surface area contributed by atoms with Gasteiger partial charge < -0.3 is 14.6 Å². The van der Waals surface area contributed by atoms with Crippen molar-refractivity contribution in [3.05, 3.63) is 35.4 Å². The number of halogens is 2. The standard InChI is InChI=1S/C21H26F2N2O6/c1-11(26)25-17(7-12-5-13(22)8-14(23)6-12)18(30-20(25)29)16-9-15(27)10-24(16)19(28)31-21(2,3)4/h5-6,8,15-18,27H,7,9-10H2,1-4H3/t15-,16-,17+,18-/m1/s1. The van der Waals surface area contributed by atoms with Crippen LogP contribution in [0.1, 0.15) is 39.7 Å². The first-order valence-corrected chi connectivity index (χ1v) is 9.99. The number of carbonyl (C=O) groups is 3. The molecule has 0 radical (unpaired) electrons. The van der Waals surface area contributed by atoms with Gasteiger partial charge in [-0.3, -0.25) is 9.69 Å². The summed E-state index contributed by atoms with van der Waals surface area (Å²) >= 11 is 0. The van der Waals surface area contributed by atoms with Gasteiger partial charge in [-0.2, -0.15) is 0 Å². The van der Waals surface area contributed by atoms with Crippen molar-refractivity contribution in [2.75, 3.05) is 6.54 Å². The summed E-state index contributed by atoms with van der Waals surface area (Å²) in [7, 11) is 0. The van der Waals surface area contributed by atoms with E-state index in [1.54, 1.807) is 20.8 Å². The second-order valence-electron chi connectivity index (χ2n) is 8.88. The van der Waals surface area contributed by atoms with E-state index in [1.807, 2.05) is 0 Å². The van der Waals surface area contributed by atoms with Crippen LogP contribution in [0.4, 0.5) is 18.4 Å². The average Bonchev–Trinajstić information content (AvgIpc) is 3.12. The van der Waals surface area contributed by atoms with Gasteiger partial charge in [0.2, 0.25) is 5.91 Å². The molecular formula is C21H26F2N2O6. The summed E-state index contributed by atoms with van der Waals surface area (Å²) < 4.78 is 38.2. The molecule has 0 unspecified atom stereocenters. The monoisotopic (exact) mass is 440 g/mol. The van der Waals surface area contributed by atoms with Crippen molar-refractivity contribution >= 4 is 18.1 Å². The van der Waals surface area contributed by atoms with Crippen molar-refractivity contribution in [2.24, 2.45) is 0 Å². The van der Waals surface area contributed by atoms with Gasteiger partial charge >= 0.3 is 12.2 Å². The van der Waals surface area contributed by atoms with Crippen molar-refractivity contribution in [1.82, 2.24) is 9.80 Å². The number of benzene rings is 1. The quantitative estimate of drug-likeness (QED) is 0.776. The van der Waals surface area contributed by atoms with E-state index in [4.69, 9.17) is 9.47 Å². The SMILES string of the molecule is CC(=O)N1C(=O)O[C@H]([C@H]2C[C@@H](O)CN2C(=O)OC(C)(C)C)[C@@H]1Cc1cc(F)cc(F)c1. The molecule has 2 saturated heterocycles. The lowest BCUT2D eigenvalue weighted by Crippen LogP contribution is -2.51. The molecular weight excluding hydrogens is 414 g/mol. The molecule has 10 heteroatoms. The summed E-state index contributed by atoms with van der Waals surface area (Å²) in [6.07, 6.45) is -3.48. The van der Waals surface area contributed by atoms with Gasteiger partial charge in [-0.25, -0.2) is 23.3 Å². The van der Waals surface area contributed by atoms with Crippen molar-refractivity contribution in [1.29, 1.82) is 0 Å². The fourth-order valence-corrected chi connectivity index (χ4v) is 4.09. The van der Waals surface area contributed by atoms with Gasteiger partial charge in [0.1, 0.15) is 23.3 Å². The molecule has 31 heavy (non-hydrogen) atoms. The fourth-order valence-electron chi connectivity index (χ4n) is 4.09. The minimum atomic E-state index is -1.01. The van der Waals surface area contributed by atoms with Crippen LogP contribution in [0, 0.1) is 11.6 Å². The molecule has 8 nitrogen and oxygen atoms in total. The van der Waals surface area contributed by atoms with Crippen LogP contribution in [0.3, 0.4) is 0 Å².